The molecule has 2 aromatic carbocycles. The maximum absolute atomic E-state index is 12.6. The van der Waals surface area contributed by atoms with E-state index in [0.29, 0.717) is 28.5 Å². The number of esters is 1. The van der Waals surface area contributed by atoms with Crippen molar-refractivity contribution < 1.29 is 28.2 Å². The van der Waals surface area contributed by atoms with Gasteiger partial charge in [0.15, 0.2) is 6.61 Å². The molecular formula is C27H25NO7S. The normalized spacial score (nSPS) is 10.8. The zero-order chi connectivity index (χ0) is 25.7. The van der Waals surface area contributed by atoms with Crippen LogP contribution < -0.4 is 20.4 Å². The average molecular weight is 508 g/mol. The van der Waals surface area contributed by atoms with Gasteiger partial charge in [-0.05, 0) is 48.7 Å². The highest BCUT2D eigenvalue weighted by Gasteiger charge is 2.22. The molecule has 186 valence electrons. The van der Waals surface area contributed by atoms with Crippen molar-refractivity contribution in [2.45, 2.75) is 20.3 Å². The average Bonchev–Trinajstić information content (AvgIpc) is 3.29. The Kier molecular flexibility index (Phi) is 7.70. The molecular weight excluding hydrogens is 482 g/mol. The molecule has 1 N–H and O–H groups in total. The van der Waals surface area contributed by atoms with Crippen LogP contribution in [-0.2, 0) is 9.53 Å². The fraction of sp³-hybridized carbons (Fsp3) is 0.222. The third-order valence-electron chi connectivity index (χ3n) is 5.36. The molecule has 0 aliphatic heterocycles. The lowest BCUT2D eigenvalue weighted by atomic mass is 10.0. The molecule has 0 unspecified atom stereocenters. The molecule has 2 heterocycles. The van der Waals surface area contributed by atoms with E-state index in [2.05, 4.69) is 5.32 Å². The minimum Gasteiger partial charge on any atom is -0.494 e. The maximum atomic E-state index is 12.6. The van der Waals surface area contributed by atoms with Gasteiger partial charge in [0, 0.05) is 28.5 Å². The van der Waals surface area contributed by atoms with Gasteiger partial charge in [-0.15, -0.1) is 11.3 Å². The van der Waals surface area contributed by atoms with Crippen LogP contribution in [0.25, 0.3) is 22.1 Å². The number of nitrogens with one attached hydrogen (secondary N) is 1. The fourth-order valence-corrected chi connectivity index (χ4v) is 4.60. The zero-order valence-electron chi connectivity index (χ0n) is 20.1. The van der Waals surface area contributed by atoms with E-state index in [1.807, 2.05) is 38.1 Å². The monoisotopic (exact) mass is 507 g/mol. The van der Waals surface area contributed by atoms with Gasteiger partial charge >= 0.3 is 11.6 Å². The van der Waals surface area contributed by atoms with Crippen molar-refractivity contribution in [1.82, 2.24) is 0 Å². The number of rotatable bonds is 9. The number of hydrogen-bond donors (Lipinski definition) is 1. The van der Waals surface area contributed by atoms with Crippen LogP contribution in [-0.4, -0.2) is 32.2 Å². The summed E-state index contributed by atoms with van der Waals surface area (Å²) in [6.07, 6.45) is 0.905. The van der Waals surface area contributed by atoms with Crippen molar-refractivity contribution >= 4 is 39.2 Å². The second-order valence-corrected chi connectivity index (χ2v) is 8.84. The van der Waals surface area contributed by atoms with Gasteiger partial charge in [0.2, 0.25) is 0 Å². The van der Waals surface area contributed by atoms with E-state index in [1.54, 1.807) is 23.6 Å². The summed E-state index contributed by atoms with van der Waals surface area (Å²) in [6.45, 7) is 4.16. The number of carbonyl (C=O) groups is 2. The topological polar surface area (TPSA) is 104 Å². The van der Waals surface area contributed by atoms with Gasteiger partial charge in [0.05, 0.1) is 13.7 Å². The summed E-state index contributed by atoms with van der Waals surface area (Å²) in [4.78, 5) is 36.9. The van der Waals surface area contributed by atoms with E-state index in [4.69, 9.17) is 18.6 Å². The number of methoxy groups -OCH3 is 1. The van der Waals surface area contributed by atoms with Crippen LogP contribution in [0.2, 0.25) is 0 Å². The van der Waals surface area contributed by atoms with Crippen LogP contribution >= 0.6 is 11.3 Å². The third-order valence-corrected chi connectivity index (χ3v) is 6.26. The molecule has 0 radical (unpaired) electrons. The van der Waals surface area contributed by atoms with E-state index in [9.17, 15) is 14.4 Å². The highest BCUT2D eigenvalue weighted by molar-refractivity contribution is 7.15. The summed E-state index contributed by atoms with van der Waals surface area (Å²) >= 11 is 1.22. The van der Waals surface area contributed by atoms with Gasteiger partial charge in [0.1, 0.15) is 27.6 Å². The van der Waals surface area contributed by atoms with Gasteiger partial charge in [-0.2, -0.15) is 0 Å². The molecule has 1 amide bonds. The summed E-state index contributed by atoms with van der Waals surface area (Å²) in [6, 6.07) is 13.8. The van der Waals surface area contributed by atoms with E-state index >= 15 is 0 Å². The lowest BCUT2D eigenvalue weighted by Crippen LogP contribution is -2.21. The second-order valence-electron chi connectivity index (χ2n) is 7.96. The Morgan fingerprint density at radius 2 is 1.78 bits per heavy atom. The molecule has 0 aliphatic carbocycles. The number of hydrogen-bond acceptors (Lipinski definition) is 8. The first-order valence-electron chi connectivity index (χ1n) is 11.3. The summed E-state index contributed by atoms with van der Waals surface area (Å²) in [5, 5.41) is 5.67. The Morgan fingerprint density at radius 3 is 2.50 bits per heavy atom. The number of aryl methyl sites for hydroxylation is 1. The zero-order valence-corrected chi connectivity index (χ0v) is 20.9. The van der Waals surface area contributed by atoms with E-state index in [-0.39, 0.29) is 12.2 Å². The van der Waals surface area contributed by atoms with E-state index in [1.165, 1.54) is 24.5 Å². The van der Waals surface area contributed by atoms with Crippen LogP contribution in [0.5, 0.6) is 11.5 Å². The predicted molar refractivity (Wildman–Crippen MR) is 138 cm³/mol. The summed E-state index contributed by atoms with van der Waals surface area (Å²) in [7, 11) is 1.29. The van der Waals surface area contributed by atoms with Crippen molar-refractivity contribution in [3.8, 4) is 22.6 Å². The van der Waals surface area contributed by atoms with Crippen molar-refractivity contribution in [1.29, 1.82) is 0 Å². The van der Waals surface area contributed by atoms with Crippen molar-refractivity contribution in [3.05, 3.63) is 75.5 Å². The summed E-state index contributed by atoms with van der Waals surface area (Å²) < 4.78 is 21.4. The number of carbonyl (C=O) groups excluding carboxylic acids is 2. The Morgan fingerprint density at radius 1 is 1.03 bits per heavy atom. The molecule has 9 heteroatoms. The van der Waals surface area contributed by atoms with Crippen molar-refractivity contribution in [3.63, 3.8) is 0 Å². The van der Waals surface area contributed by atoms with E-state index in [0.717, 1.165) is 28.7 Å². The highest BCUT2D eigenvalue weighted by atomic mass is 32.1. The lowest BCUT2D eigenvalue weighted by Gasteiger charge is -2.10. The number of amides is 1. The molecule has 36 heavy (non-hydrogen) atoms. The van der Waals surface area contributed by atoms with Crippen LogP contribution in [0, 0.1) is 6.92 Å². The van der Waals surface area contributed by atoms with Gasteiger partial charge in [-0.1, -0.05) is 19.1 Å². The Balaban J connectivity index is 1.49. The molecule has 0 atom stereocenters. The molecule has 0 saturated carbocycles. The number of benzene rings is 2. The lowest BCUT2D eigenvalue weighted by molar-refractivity contribution is -0.118. The Bertz CT molecular complexity index is 1450. The minimum atomic E-state index is -0.561. The molecule has 0 fully saturated rings. The quantitative estimate of drug-likeness (QED) is 0.238. The standard InChI is InChI=1S/C27H25NO7S/c1-4-11-33-18-7-5-17(6-8-18)21-15-36-26(25(21)27(31)32-3)28-23(29)14-34-19-9-10-20-16(2)12-24(30)35-22(20)13-19/h5-10,12-13,15H,4,11,14H2,1-3H3,(H,28,29). The van der Waals surface area contributed by atoms with Gasteiger partial charge in [0.25, 0.3) is 5.91 Å². The molecule has 8 nitrogen and oxygen atoms in total. The molecule has 0 saturated heterocycles. The number of anilines is 1. The van der Waals surface area contributed by atoms with E-state index < -0.39 is 17.5 Å². The SMILES string of the molecule is CCCOc1ccc(-c2csc(NC(=O)COc3ccc4c(C)cc(=O)oc4c3)c2C(=O)OC)cc1. The highest BCUT2D eigenvalue weighted by Crippen LogP contribution is 2.37. The largest absolute Gasteiger partial charge is 0.494 e. The Hall–Kier alpha value is -4.11. The molecule has 0 spiro atoms. The summed E-state index contributed by atoms with van der Waals surface area (Å²) in [5.41, 5.74) is 2.41. The molecule has 0 bridgehead atoms. The van der Waals surface area contributed by atoms with Crippen LogP contribution in [0.3, 0.4) is 0 Å². The second kappa shape index (κ2) is 11.1. The molecule has 4 rings (SSSR count). The third kappa shape index (κ3) is 5.58. The van der Waals surface area contributed by atoms with Crippen molar-refractivity contribution in [2.75, 3.05) is 25.6 Å². The fourth-order valence-electron chi connectivity index (χ4n) is 3.62. The van der Waals surface area contributed by atoms with Gasteiger partial charge < -0.3 is 23.9 Å². The van der Waals surface area contributed by atoms with Gasteiger partial charge in [-0.25, -0.2) is 9.59 Å². The first-order chi connectivity index (χ1) is 17.4. The molecule has 0 aliphatic rings. The first kappa shape index (κ1) is 25.0. The minimum absolute atomic E-state index is 0.265. The van der Waals surface area contributed by atoms with Gasteiger partial charge in [-0.3, -0.25) is 4.79 Å². The van der Waals surface area contributed by atoms with Crippen LogP contribution in [0.1, 0.15) is 29.3 Å². The number of fused-ring (bicyclic) bond motifs is 1. The summed E-state index contributed by atoms with van der Waals surface area (Å²) in [5.74, 6) is 0.0949. The molecule has 2 aromatic heterocycles. The molecule has 4 aromatic rings. The Labute approximate surface area is 211 Å². The number of ether oxygens (including phenoxy) is 3. The maximum Gasteiger partial charge on any atom is 0.341 e. The first-order valence-corrected chi connectivity index (χ1v) is 12.2. The van der Waals surface area contributed by atoms with Crippen LogP contribution in [0.4, 0.5) is 5.00 Å². The van der Waals surface area contributed by atoms with Crippen molar-refractivity contribution in [2.24, 2.45) is 0 Å². The predicted octanol–water partition coefficient (Wildman–Crippen LogP) is 5.42. The smallest absolute Gasteiger partial charge is 0.341 e. The van der Waals surface area contributed by atoms with Crippen LogP contribution in [0.15, 0.2) is 63.1 Å². The number of thiophene rings is 1.